The molecule has 0 aromatic heterocycles. The Morgan fingerprint density at radius 1 is 1.07 bits per heavy atom. The number of aryl methyl sites for hydroxylation is 1. The van der Waals surface area contributed by atoms with Gasteiger partial charge in [0.15, 0.2) is 0 Å². The summed E-state index contributed by atoms with van der Waals surface area (Å²) in [6.45, 7) is 0.525. The number of hydrogen-bond acceptors (Lipinski definition) is 2. The molecule has 1 N–H and O–H groups in total. The fourth-order valence-electron chi connectivity index (χ4n) is 3.37. The van der Waals surface area contributed by atoms with E-state index in [1.807, 2.05) is 29.2 Å². The van der Waals surface area contributed by atoms with Crippen LogP contribution in [0.25, 0.3) is 0 Å². The lowest BCUT2D eigenvalue weighted by molar-refractivity contribution is -0.132. The molecule has 0 spiro atoms. The van der Waals surface area contributed by atoms with Crippen molar-refractivity contribution in [3.63, 3.8) is 0 Å². The Morgan fingerprint density at radius 2 is 1.79 bits per heavy atom. The average Bonchev–Trinajstić information content (AvgIpc) is 3.60. The van der Waals surface area contributed by atoms with Crippen LogP contribution in [0.3, 0.4) is 0 Å². The lowest BCUT2D eigenvalue weighted by Crippen LogP contribution is -2.32. The van der Waals surface area contributed by atoms with Crippen LogP contribution in [0.15, 0.2) is 46.9 Å². The van der Waals surface area contributed by atoms with Gasteiger partial charge in [-0.15, -0.1) is 0 Å². The van der Waals surface area contributed by atoms with Gasteiger partial charge in [-0.05, 0) is 67.5 Å². The molecule has 0 aliphatic heterocycles. The zero-order chi connectivity index (χ0) is 20.4. The van der Waals surface area contributed by atoms with Crippen LogP contribution in [0.5, 0.6) is 0 Å². The maximum atomic E-state index is 14.0. The van der Waals surface area contributed by atoms with Gasteiger partial charge in [-0.2, -0.15) is 0 Å². The topological polar surface area (TPSA) is 49.4 Å². The van der Waals surface area contributed by atoms with E-state index in [0.717, 1.165) is 31.2 Å². The molecule has 2 fully saturated rings. The zero-order valence-electron chi connectivity index (χ0n) is 16.2. The van der Waals surface area contributed by atoms with Gasteiger partial charge in [0.05, 0.1) is 0 Å². The van der Waals surface area contributed by atoms with Crippen molar-refractivity contribution in [2.24, 2.45) is 0 Å². The van der Waals surface area contributed by atoms with Crippen molar-refractivity contribution < 1.29 is 14.0 Å². The van der Waals surface area contributed by atoms with Gasteiger partial charge in [-0.25, -0.2) is 4.39 Å². The summed E-state index contributed by atoms with van der Waals surface area (Å²) in [6.07, 6.45) is 4.83. The van der Waals surface area contributed by atoms with Gasteiger partial charge in [-0.3, -0.25) is 9.59 Å². The predicted molar refractivity (Wildman–Crippen MR) is 113 cm³/mol. The van der Waals surface area contributed by atoms with Gasteiger partial charge in [0.1, 0.15) is 5.82 Å². The van der Waals surface area contributed by atoms with Gasteiger partial charge >= 0.3 is 0 Å². The Labute approximate surface area is 178 Å². The lowest BCUT2D eigenvalue weighted by Gasteiger charge is -2.23. The number of halogens is 2. The van der Waals surface area contributed by atoms with Crippen LogP contribution in [0.4, 0.5) is 4.39 Å². The van der Waals surface area contributed by atoms with Gasteiger partial charge in [0.25, 0.3) is 5.91 Å². The van der Waals surface area contributed by atoms with Crippen molar-refractivity contribution in [2.45, 2.75) is 57.2 Å². The van der Waals surface area contributed by atoms with Crippen molar-refractivity contribution in [2.75, 3.05) is 0 Å². The largest absolute Gasteiger partial charge is 0.349 e. The molecule has 0 atom stereocenters. The van der Waals surface area contributed by atoms with Gasteiger partial charge in [-0.1, -0.05) is 34.1 Å². The molecule has 4 nitrogen and oxygen atoms in total. The summed E-state index contributed by atoms with van der Waals surface area (Å²) in [5.41, 5.74) is 2.21. The molecule has 29 heavy (non-hydrogen) atoms. The van der Waals surface area contributed by atoms with E-state index in [9.17, 15) is 14.0 Å². The van der Waals surface area contributed by atoms with Crippen LogP contribution in [0.2, 0.25) is 0 Å². The Bertz CT molecular complexity index is 908. The SMILES string of the molecule is O=C(NC1CC1)c1ccc(CN(C(=O)CCc2ccc(Br)cc2F)C2CC2)cc1. The number of carbonyl (C=O) groups is 2. The standard InChI is InChI=1S/C23H24BrFN2O2/c24-18-7-5-16(21(25)13-18)6-12-22(28)27(20-10-11-20)14-15-1-3-17(4-2-15)23(29)26-19-8-9-19/h1-5,7,13,19-20H,6,8-12,14H2,(H,26,29). The van der Waals surface area contributed by atoms with E-state index in [4.69, 9.17) is 0 Å². The van der Waals surface area contributed by atoms with Gasteiger partial charge < -0.3 is 10.2 Å². The molecule has 0 unspecified atom stereocenters. The summed E-state index contributed by atoms with van der Waals surface area (Å²) in [5.74, 6) is -0.277. The van der Waals surface area contributed by atoms with E-state index < -0.39 is 0 Å². The molecule has 2 aliphatic carbocycles. The summed E-state index contributed by atoms with van der Waals surface area (Å²) in [4.78, 5) is 26.8. The van der Waals surface area contributed by atoms with E-state index in [0.29, 0.717) is 34.6 Å². The molecular formula is C23H24BrFN2O2. The van der Waals surface area contributed by atoms with Crippen molar-refractivity contribution in [1.29, 1.82) is 0 Å². The molecular weight excluding hydrogens is 435 g/mol. The number of nitrogens with one attached hydrogen (secondary N) is 1. The van der Waals surface area contributed by atoms with E-state index in [-0.39, 0.29) is 30.1 Å². The van der Waals surface area contributed by atoms with Crippen molar-refractivity contribution in [3.05, 3.63) is 69.4 Å². The third-order valence-corrected chi connectivity index (χ3v) is 5.91. The molecule has 2 aromatic carbocycles. The first-order valence-corrected chi connectivity index (χ1v) is 10.9. The maximum Gasteiger partial charge on any atom is 0.251 e. The number of amides is 2. The van der Waals surface area contributed by atoms with Crippen LogP contribution in [-0.2, 0) is 17.8 Å². The summed E-state index contributed by atoms with van der Waals surface area (Å²) < 4.78 is 14.7. The Morgan fingerprint density at radius 3 is 2.41 bits per heavy atom. The quantitative estimate of drug-likeness (QED) is 0.627. The molecule has 0 bridgehead atoms. The highest BCUT2D eigenvalue weighted by Gasteiger charge is 2.32. The first kappa shape index (κ1) is 20.1. The highest BCUT2D eigenvalue weighted by Crippen LogP contribution is 2.29. The molecule has 6 heteroatoms. The molecule has 2 amide bonds. The van der Waals surface area contributed by atoms with Crippen LogP contribution in [0.1, 0.15) is 53.6 Å². The first-order valence-electron chi connectivity index (χ1n) is 10.1. The lowest BCUT2D eigenvalue weighted by atomic mass is 10.1. The predicted octanol–water partition coefficient (Wildman–Crippen LogP) is 4.60. The second-order valence-corrected chi connectivity index (χ2v) is 8.85. The van der Waals surface area contributed by atoms with Crippen molar-refractivity contribution in [1.82, 2.24) is 10.2 Å². The van der Waals surface area contributed by atoms with Crippen LogP contribution in [-0.4, -0.2) is 28.8 Å². The number of hydrogen-bond donors (Lipinski definition) is 1. The number of benzene rings is 2. The van der Waals surface area contributed by atoms with E-state index >= 15 is 0 Å². The van der Waals surface area contributed by atoms with E-state index in [1.54, 1.807) is 12.1 Å². The Hall–Kier alpha value is -2.21. The molecule has 2 saturated carbocycles. The second kappa shape index (κ2) is 8.66. The average molecular weight is 459 g/mol. The number of rotatable bonds is 8. The fourth-order valence-corrected chi connectivity index (χ4v) is 3.70. The van der Waals surface area contributed by atoms with E-state index in [1.165, 1.54) is 6.07 Å². The van der Waals surface area contributed by atoms with Gasteiger partial charge in [0, 0.05) is 35.1 Å². The van der Waals surface area contributed by atoms with Crippen LogP contribution < -0.4 is 5.32 Å². The minimum atomic E-state index is -0.287. The zero-order valence-corrected chi connectivity index (χ0v) is 17.8. The smallest absolute Gasteiger partial charge is 0.251 e. The van der Waals surface area contributed by atoms with Crippen molar-refractivity contribution >= 4 is 27.7 Å². The summed E-state index contributed by atoms with van der Waals surface area (Å²) in [5, 5.41) is 2.98. The number of carbonyl (C=O) groups excluding carboxylic acids is 2. The normalized spacial score (nSPS) is 15.8. The third-order valence-electron chi connectivity index (χ3n) is 5.41. The summed E-state index contributed by atoms with van der Waals surface area (Å²) >= 11 is 3.25. The van der Waals surface area contributed by atoms with Gasteiger partial charge in [0.2, 0.25) is 5.91 Å². The maximum absolute atomic E-state index is 14.0. The fraction of sp³-hybridized carbons (Fsp3) is 0.391. The third kappa shape index (κ3) is 5.44. The second-order valence-electron chi connectivity index (χ2n) is 7.93. The Balaban J connectivity index is 1.36. The van der Waals surface area contributed by atoms with E-state index in [2.05, 4.69) is 21.2 Å². The van der Waals surface area contributed by atoms with Crippen LogP contribution >= 0.6 is 15.9 Å². The molecule has 0 saturated heterocycles. The molecule has 2 aromatic rings. The summed E-state index contributed by atoms with van der Waals surface area (Å²) in [6, 6.07) is 13.0. The minimum absolute atomic E-state index is 0.0364. The summed E-state index contributed by atoms with van der Waals surface area (Å²) in [7, 11) is 0. The molecule has 0 heterocycles. The molecule has 2 aliphatic rings. The highest BCUT2D eigenvalue weighted by atomic mass is 79.9. The first-order chi connectivity index (χ1) is 14.0. The molecule has 0 radical (unpaired) electrons. The monoisotopic (exact) mass is 458 g/mol. The van der Waals surface area contributed by atoms with Crippen molar-refractivity contribution in [3.8, 4) is 0 Å². The Kier molecular flexibility index (Phi) is 5.99. The highest BCUT2D eigenvalue weighted by molar-refractivity contribution is 9.10. The number of nitrogens with zero attached hydrogens (tertiary/aromatic N) is 1. The molecule has 4 rings (SSSR count). The molecule has 152 valence electrons. The minimum Gasteiger partial charge on any atom is -0.349 e. The van der Waals surface area contributed by atoms with Crippen LogP contribution in [0, 0.1) is 5.82 Å².